The van der Waals surface area contributed by atoms with Crippen molar-refractivity contribution >= 4 is 17.8 Å². The van der Waals surface area contributed by atoms with Crippen molar-refractivity contribution in [3.8, 4) is 0 Å². The maximum Gasteiger partial charge on any atom is 0.159 e. The molecule has 1 unspecified atom stereocenters. The molecule has 3 saturated heterocycles. The van der Waals surface area contributed by atoms with Crippen LogP contribution in [-0.4, -0.2) is 34.8 Å². The van der Waals surface area contributed by atoms with E-state index >= 15 is 0 Å². The molecule has 1 atom stereocenters. The Labute approximate surface area is 106 Å². The third-order valence-electron chi connectivity index (χ3n) is 3.80. The first-order chi connectivity index (χ1) is 8.28. The summed E-state index contributed by atoms with van der Waals surface area (Å²) in [5.74, 6) is 1.66. The number of piperidine rings is 3. The van der Waals surface area contributed by atoms with Crippen LogP contribution in [0.3, 0.4) is 0 Å². The number of rotatable bonds is 2. The summed E-state index contributed by atoms with van der Waals surface area (Å²) in [6.45, 7) is 4.47. The first-order valence-electron chi connectivity index (χ1n) is 6.19. The van der Waals surface area contributed by atoms with E-state index in [4.69, 9.17) is 4.52 Å². The van der Waals surface area contributed by atoms with Gasteiger partial charge in [0.15, 0.2) is 5.76 Å². The van der Waals surface area contributed by atoms with Crippen molar-refractivity contribution in [3.05, 3.63) is 23.1 Å². The van der Waals surface area contributed by atoms with E-state index in [1.807, 2.05) is 24.8 Å². The van der Waals surface area contributed by atoms with Gasteiger partial charge in [-0.2, -0.15) is 0 Å². The lowest BCUT2D eigenvalue weighted by atomic mass is 9.83. The number of aromatic nitrogens is 1. The first kappa shape index (κ1) is 11.4. The third kappa shape index (κ3) is 2.04. The molecule has 2 bridgehead atoms. The van der Waals surface area contributed by atoms with E-state index in [0.717, 1.165) is 17.4 Å². The Morgan fingerprint density at radius 3 is 2.82 bits per heavy atom. The van der Waals surface area contributed by atoms with Crippen LogP contribution in [-0.2, 0) is 0 Å². The normalized spacial score (nSPS) is 34.5. The maximum atomic E-state index is 5.31. The molecule has 4 rings (SSSR count). The van der Waals surface area contributed by atoms with E-state index in [1.165, 1.54) is 31.5 Å². The minimum Gasteiger partial charge on any atom is -0.357 e. The molecular formula is C13H18N2OS. The fourth-order valence-corrected chi connectivity index (χ4v) is 4.01. The van der Waals surface area contributed by atoms with Crippen molar-refractivity contribution in [2.45, 2.75) is 25.1 Å². The summed E-state index contributed by atoms with van der Waals surface area (Å²) < 4.78 is 5.31. The predicted molar refractivity (Wildman–Crippen MR) is 70.8 cm³/mol. The Hall–Kier alpha value is -0.740. The van der Waals surface area contributed by atoms with Crippen molar-refractivity contribution < 1.29 is 4.52 Å². The molecule has 17 heavy (non-hydrogen) atoms. The van der Waals surface area contributed by atoms with Crippen LogP contribution in [0.1, 0.15) is 24.3 Å². The zero-order chi connectivity index (χ0) is 11.8. The highest BCUT2D eigenvalue weighted by molar-refractivity contribution is 7.99. The monoisotopic (exact) mass is 250 g/mol. The molecule has 92 valence electrons. The molecule has 1 aromatic heterocycles. The van der Waals surface area contributed by atoms with Crippen LogP contribution in [0.25, 0.3) is 6.08 Å². The van der Waals surface area contributed by atoms with Crippen molar-refractivity contribution in [1.29, 1.82) is 0 Å². The first-order valence-corrected chi connectivity index (χ1v) is 7.48. The molecule has 0 aliphatic carbocycles. The van der Waals surface area contributed by atoms with Crippen LogP contribution in [0.2, 0.25) is 0 Å². The summed E-state index contributed by atoms with van der Waals surface area (Å²) in [5, 5.41) is 4.50. The van der Waals surface area contributed by atoms with Crippen LogP contribution in [0, 0.1) is 12.8 Å². The average molecular weight is 250 g/mol. The third-order valence-corrected chi connectivity index (χ3v) is 4.81. The molecule has 3 nitrogen and oxygen atoms in total. The van der Waals surface area contributed by atoms with E-state index < -0.39 is 0 Å². The standard InChI is InChI=1S/C13H18N2OS/c1-9-7-11(16-14-9)8-12-10-3-5-15(6-4-10)13(12)17-2/h7-8,10,13H,3-6H2,1-2H3/b12-8-. The largest absolute Gasteiger partial charge is 0.357 e. The lowest BCUT2D eigenvalue weighted by Crippen LogP contribution is -2.48. The van der Waals surface area contributed by atoms with Crippen molar-refractivity contribution in [2.75, 3.05) is 19.3 Å². The Balaban J connectivity index is 1.92. The molecule has 0 saturated carbocycles. The molecule has 0 amide bonds. The van der Waals surface area contributed by atoms with Crippen molar-refractivity contribution in [2.24, 2.45) is 5.92 Å². The second-order valence-corrected chi connectivity index (χ2v) is 5.83. The van der Waals surface area contributed by atoms with Gasteiger partial charge in [0.2, 0.25) is 0 Å². The summed E-state index contributed by atoms with van der Waals surface area (Å²) in [6.07, 6.45) is 7.02. The molecule has 0 spiro atoms. The van der Waals surface area contributed by atoms with Gasteiger partial charge in [0.05, 0.1) is 11.1 Å². The van der Waals surface area contributed by atoms with E-state index in [1.54, 1.807) is 0 Å². The van der Waals surface area contributed by atoms with Gasteiger partial charge in [-0.05, 0) is 43.6 Å². The minimum absolute atomic E-state index is 0.549. The Morgan fingerprint density at radius 2 is 2.24 bits per heavy atom. The molecule has 0 aromatic carbocycles. The fraction of sp³-hybridized carbons (Fsp3) is 0.615. The quantitative estimate of drug-likeness (QED) is 0.807. The maximum absolute atomic E-state index is 5.31. The van der Waals surface area contributed by atoms with Crippen LogP contribution < -0.4 is 0 Å². The van der Waals surface area contributed by atoms with Gasteiger partial charge in [-0.3, -0.25) is 4.90 Å². The Kier molecular flexibility index (Phi) is 3.01. The smallest absolute Gasteiger partial charge is 0.159 e. The summed E-state index contributed by atoms with van der Waals surface area (Å²) in [4.78, 5) is 2.58. The molecule has 1 aromatic rings. The van der Waals surface area contributed by atoms with E-state index in [0.29, 0.717) is 5.37 Å². The molecule has 4 heterocycles. The van der Waals surface area contributed by atoms with E-state index in [2.05, 4.69) is 22.4 Å². The number of hydrogen-bond acceptors (Lipinski definition) is 4. The summed E-state index contributed by atoms with van der Waals surface area (Å²) in [7, 11) is 0. The summed E-state index contributed by atoms with van der Waals surface area (Å²) in [6, 6.07) is 2.02. The van der Waals surface area contributed by atoms with Crippen LogP contribution in [0.4, 0.5) is 0 Å². The number of nitrogens with zero attached hydrogens (tertiary/aromatic N) is 2. The number of hydrogen-bond donors (Lipinski definition) is 0. The highest BCUT2D eigenvalue weighted by atomic mass is 32.2. The topological polar surface area (TPSA) is 29.3 Å². The van der Waals surface area contributed by atoms with Gasteiger partial charge in [-0.15, -0.1) is 11.8 Å². The van der Waals surface area contributed by atoms with Crippen LogP contribution >= 0.6 is 11.8 Å². The summed E-state index contributed by atoms with van der Waals surface area (Å²) >= 11 is 1.94. The highest BCUT2D eigenvalue weighted by Crippen LogP contribution is 2.41. The predicted octanol–water partition coefficient (Wildman–Crippen LogP) is 2.78. The molecule has 3 aliphatic rings. The summed E-state index contributed by atoms with van der Waals surface area (Å²) in [5.41, 5.74) is 2.49. The van der Waals surface area contributed by atoms with E-state index in [-0.39, 0.29) is 0 Å². The average Bonchev–Trinajstić information content (AvgIpc) is 2.76. The van der Waals surface area contributed by atoms with Gasteiger partial charge in [0.25, 0.3) is 0 Å². The van der Waals surface area contributed by atoms with E-state index in [9.17, 15) is 0 Å². The zero-order valence-electron chi connectivity index (χ0n) is 10.3. The SMILES string of the molecule is CSC1/C(=C\c2cc(C)no2)C2CCN1CC2. The van der Waals surface area contributed by atoms with Gasteiger partial charge < -0.3 is 4.52 Å². The van der Waals surface area contributed by atoms with Gasteiger partial charge >= 0.3 is 0 Å². The van der Waals surface area contributed by atoms with Crippen molar-refractivity contribution in [1.82, 2.24) is 10.1 Å². The molecular weight excluding hydrogens is 232 g/mol. The Morgan fingerprint density at radius 1 is 1.47 bits per heavy atom. The molecule has 0 N–H and O–H groups in total. The highest BCUT2D eigenvalue weighted by Gasteiger charge is 2.37. The lowest BCUT2D eigenvalue weighted by Gasteiger charge is -2.46. The van der Waals surface area contributed by atoms with Gasteiger partial charge in [0.1, 0.15) is 0 Å². The molecule has 0 radical (unpaired) electrons. The number of thioether (sulfide) groups is 1. The van der Waals surface area contributed by atoms with Crippen molar-refractivity contribution in [3.63, 3.8) is 0 Å². The van der Waals surface area contributed by atoms with Gasteiger partial charge in [-0.25, -0.2) is 0 Å². The molecule has 3 aliphatic heterocycles. The number of fused-ring (bicyclic) bond motifs is 3. The fourth-order valence-electron chi connectivity index (χ4n) is 2.97. The van der Waals surface area contributed by atoms with Gasteiger partial charge in [-0.1, -0.05) is 5.16 Å². The second kappa shape index (κ2) is 4.50. The van der Waals surface area contributed by atoms with Gasteiger partial charge in [0, 0.05) is 19.2 Å². The molecule has 3 fully saturated rings. The second-order valence-electron chi connectivity index (χ2n) is 4.91. The minimum atomic E-state index is 0.549. The van der Waals surface area contributed by atoms with Crippen LogP contribution in [0.5, 0.6) is 0 Å². The lowest BCUT2D eigenvalue weighted by molar-refractivity contribution is 0.147. The zero-order valence-corrected chi connectivity index (χ0v) is 11.2. The molecule has 4 heteroatoms. The Bertz CT molecular complexity index is 432. The van der Waals surface area contributed by atoms with Crippen LogP contribution in [0.15, 0.2) is 16.2 Å². The number of aryl methyl sites for hydroxylation is 1.